The van der Waals surface area contributed by atoms with Gasteiger partial charge in [0.1, 0.15) is 16.7 Å². The molecule has 0 spiro atoms. The molecule has 7 heteroatoms. The fraction of sp³-hybridized carbons (Fsp3) is 0.143. The highest BCUT2D eigenvalue weighted by Crippen LogP contribution is 2.33. The van der Waals surface area contributed by atoms with E-state index in [0.717, 1.165) is 27.9 Å². The lowest BCUT2D eigenvalue weighted by Gasteiger charge is -2.19. The van der Waals surface area contributed by atoms with E-state index in [2.05, 4.69) is 26.3 Å². The van der Waals surface area contributed by atoms with E-state index in [1.807, 2.05) is 50.2 Å². The van der Waals surface area contributed by atoms with Gasteiger partial charge in [-0.1, -0.05) is 41.4 Å². The van der Waals surface area contributed by atoms with Crippen molar-refractivity contribution in [2.45, 2.75) is 19.9 Å². The number of nitrogens with one attached hydrogen (secondary N) is 1. The van der Waals surface area contributed by atoms with Crippen LogP contribution in [0.1, 0.15) is 24.4 Å². The Balaban J connectivity index is 1.85. The average Bonchev–Trinajstić information content (AvgIpc) is 2.71. The molecular formula is C21H17Cl2N5. The van der Waals surface area contributed by atoms with Crippen LogP contribution in [0.25, 0.3) is 22.3 Å². The van der Waals surface area contributed by atoms with E-state index in [9.17, 15) is 0 Å². The summed E-state index contributed by atoms with van der Waals surface area (Å²) < 4.78 is 0. The molecule has 0 aliphatic carbocycles. The first-order valence-corrected chi connectivity index (χ1v) is 9.55. The van der Waals surface area contributed by atoms with Gasteiger partial charge in [0.2, 0.25) is 0 Å². The lowest BCUT2D eigenvalue weighted by atomic mass is 10.0. The molecule has 4 aromatic rings. The number of halogens is 2. The van der Waals surface area contributed by atoms with Gasteiger partial charge in [-0.25, -0.2) is 15.0 Å². The Morgan fingerprint density at radius 2 is 1.82 bits per heavy atom. The van der Waals surface area contributed by atoms with Gasteiger partial charge in [-0.05, 0) is 38.1 Å². The molecule has 3 heterocycles. The lowest BCUT2D eigenvalue weighted by Crippen LogP contribution is -2.12. The predicted molar refractivity (Wildman–Crippen MR) is 114 cm³/mol. The smallest absolute Gasteiger partial charge is 0.149 e. The van der Waals surface area contributed by atoms with E-state index in [1.54, 1.807) is 12.4 Å². The highest BCUT2D eigenvalue weighted by Gasteiger charge is 2.18. The molecule has 0 aliphatic rings. The third kappa shape index (κ3) is 3.63. The Kier molecular flexibility index (Phi) is 5.11. The van der Waals surface area contributed by atoms with E-state index in [0.29, 0.717) is 21.7 Å². The van der Waals surface area contributed by atoms with Crippen LogP contribution in [0.15, 0.2) is 54.9 Å². The number of hydrogen-bond acceptors (Lipinski definition) is 5. The SMILES string of the molecule is Cc1ncc(Cl)c(NC(C)c2cc3cccc(Cl)c3nc2-c2ccccn2)n1. The lowest BCUT2D eigenvalue weighted by molar-refractivity contribution is 0.864. The Labute approximate surface area is 172 Å². The summed E-state index contributed by atoms with van der Waals surface area (Å²) in [5.41, 5.74) is 3.26. The number of fused-ring (bicyclic) bond motifs is 1. The summed E-state index contributed by atoms with van der Waals surface area (Å²) in [4.78, 5) is 17.9. The van der Waals surface area contributed by atoms with E-state index in [-0.39, 0.29) is 6.04 Å². The first kappa shape index (κ1) is 18.6. The van der Waals surface area contributed by atoms with Crippen molar-refractivity contribution in [2.75, 3.05) is 5.32 Å². The first-order chi connectivity index (χ1) is 13.5. The van der Waals surface area contributed by atoms with Gasteiger partial charge in [-0.3, -0.25) is 4.98 Å². The van der Waals surface area contributed by atoms with Crippen molar-refractivity contribution in [3.05, 3.63) is 76.3 Å². The number of aromatic nitrogens is 4. The van der Waals surface area contributed by atoms with Crippen molar-refractivity contribution in [2.24, 2.45) is 0 Å². The highest BCUT2D eigenvalue weighted by atomic mass is 35.5. The van der Waals surface area contributed by atoms with Crippen LogP contribution in [0.5, 0.6) is 0 Å². The van der Waals surface area contributed by atoms with Gasteiger partial charge in [0.05, 0.1) is 34.2 Å². The van der Waals surface area contributed by atoms with E-state index in [4.69, 9.17) is 28.2 Å². The zero-order chi connectivity index (χ0) is 19.7. The number of benzene rings is 1. The number of anilines is 1. The second-order valence-corrected chi connectivity index (χ2v) is 7.25. The number of para-hydroxylation sites is 1. The van der Waals surface area contributed by atoms with Crippen molar-refractivity contribution in [1.82, 2.24) is 19.9 Å². The van der Waals surface area contributed by atoms with Crippen LogP contribution in [-0.2, 0) is 0 Å². The summed E-state index contributed by atoms with van der Waals surface area (Å²) in [6, 6.07) is 13.5. The van der Waals surface area contributed by atoms with Gasteiger partial charge >= 0.3 is 0 Å². The van der Waals surface area contributed by atoms with Crippen LogP contribution in [0.2, 0.25) is 10.0 Å². The summed E-state index contributed by atoms with van der Waals surface area (Å²) in [7, 11) is 0. The third-order valence-electron chi connectivity index (χ3n) is 4.42. The van der Waals surface area contributed by atoms with Crippen LogP contribution in [-0.4, -0.2) is 19.9 Å². The van der Waals surface area contributed by atoms with Crippen molar-refractivity contribution in [1.29, 1.82) is 0 Å². The highest BCUT2D eigenvalue weighted by molar-refractivity contribution is 6.35. The fourth-order valence-electron chi connectivity index (χ4n) is 3.06. The molecule has 0 saturated heterocycles. The van der Waals surface area contributed by atoms with E-state index >= 15 is 0 Å². The number of hydrogen-bond donors (Lipinski definition) is 1. The van der Waals surface area contributed by atoms with Crippen molar-refractivity contribution < 1.29 is 0 Å². The molecule has 1 aromatic carbocycles. The number of aryl methyl sites for hydroxylation is 1. The minimum atomic E-state index is -0.125. The molecule has 1 unspecified atom stereocenters. The standard InChI is InChI=1S/C21H17Cl2N5/c1-12(26-21-17(23)11-25-13(2)27-21)15-10-14-6-5-7-16(22)19(14)28-20(15)18-8-3-4-9-24-18/h3-12H,1-2H3,(H,25,26,27). The zero-order valence-electron chi connectivity index (χ0n) is 15.3. The van der Waals surface area contributed by atoms with Crippen molar-refractivity contribution >= 4 is 39.9 Å². The molecule has 28 heavy (non-hydrogen) atoms. The maximum atomic E-state index is 6.38. The second kappa shape index (κ2) is 7.70. The van der Waals surface area contributed by atoms with Gasteiger partial charge < -0.3 is 5.32 Å². The largest absolute Gasteiger partial charge is 0.362 e. The molecule has 0 radical (unpaired) electrons. The monoisotopic (exact) mass is 409 g/mol. The molecule has 1 N–H and O–H groups in total. The average molecular weight is 410 g/mol. The number of nitrogens with zero attached hydrogens (tertiary/aromatic N) is 4. The van der Waals surface area contributed by atoms with Gasteiger partial charge in [-0.15, -0.1) is 0 Å². The molecule has 0 bridgehead atoms. The maximum absolute atomic E-state index is 6.38. The predicted octanol–water partition coefficient (Wildman–Crippen LogP) is 5.88. The normalized spacial score (nSPS) is 12.1. The summed E-state index contributed by atoms with van der Waals surface area (Å²) in [6.45, 7) is 3.86. The van der Waals surface area contributed by atoms with Gasteiger partial charge in [-0.2, -0.15) is 0 Å². The Morgan fingerprint density at radius 1 is 0.964 bits per heavy atom. The zero-order valence-corrected chi connectivity index (χ0v) is 16.8. The van der Waals surface area contributed by atoms with Crippen molar-refractivity contribution in [3.63, 3.8) is 0 Å². The minimum Gasteiger partial charge on any atom is -0.362 e. The Hall–Kier alpha value is -2.76. The molecule has 5 nitrogen and oxygen atoms in total. The van der Waals surface area contributed by atoms with Gasteiger partial charge in [0.25, 0.3) is 0 Å². The quantitative estimate of drug-likeness (QED) is 0.456. The summed E-state index contributed by atoms with van der Waals surface area (Å²) in [5, 5.41) is 5.41. The van der Waals surface area contributed by atoms with Crippen LogP contribution in [0.4, 0.5) is 5.82 Å². The Bertz CT molecular complexity index is 1150. The topological polar surface area (TPSA) is 63.6 Å². The third-order valence-corrected chi connectivity index (χ3v) is 5.00. The molecule has 0 amide bonds. The summed E-state index contributed by atoms with van der Waals surface area (Å²) >= 11 is 12.7. The second-order valence-electron chi connectivity index (χ2n) is 6.43. The summed E-state index contributed by atoms with van der Waals surface area (Å²) in [5.74, 6) is 1.23. The molecule has 3 aromatic heterocycles. The molecule has 0 aliphatic heterocycles. The molecule has 140 valence electrons. The number of pyridine rings is 2. The van der Waals surface area contributed by atoms with Crippen LogP contribution < -0.4 is 5.32 Å². The van der Waals surface area contributed by atoms with E-state index < -0.39 is 0 Å². The summed E-state index contributed by atoms with van der Waals surface area (Å²) in [6.07, 6.45) is 3.34. The molecule has 4 rings (SSSR count). The van der Waals surface area contributed by atoms with Crippen LogP contribution >= 0.6 is 23.2 Å². The molecule has 0 saturated carbocycles. The molecular weight excluding hydrogens is 393 g/mol. The van der Waals surface area contributed by atoms with Gasteiger partial charge in [0, 0.05) is 17.1 Å². The van der Waals surface area contributed by atoms with Gasteiger partial charge in [0.15, 0.2) is 0 Å². The van der Waals surface area contributed by atoms with E-state index in [1.165, 1.54) is 0 Å². The molecule has 1 atom stereocenters. The fourth-order valence-corrected chi connectivity index (χ4v) is 3.43. The van der Waals surface area contributed by atoms with Crippen molar-refractivity contribution in [3.8, 4) is 11.4 Å². The maximum Gasteiger partial charge on any atom is 0.149 e. The number of rotatable bonds is 4. The molecule has 0 fully saturated rings. The van der Waals surface area contributed by atoms with Crippen LogP contribution in [0.3, 0.4) is 0 Å². The van der Waals surface area contributed by atoms with Crippen LogP contribution in [0, 0.1) is 6.92 Å². The minimum absolute atomic E-state index is 0.125. The Morgan fingerprint density at radius 3 is 2.61 bits per heavy atom. The first-order valence-electron chi connectivity index (χ1n) is 8.79.